The molecule has 3 nitrogen and oxygen atoms in total. The first-order valence-electron chi connectivity index (χ1n) is 9.92. The van der Waals surface area contributed by atoms with E-state index in [-0.39, 0.29) is 17.8 Å². The molecule has 0 aliphatic carbocycles. The second-order valence-electron chi connectivity index (χ2n) is 6.86. The lowest BCUT2D eigenvalue weighted by molar-refractivity contribution is -0.140. The summed E-state index contributed by atoms with van der Waals surface area (Å²) in [4.78, 5) is 22.4. The molecule has 0 atom stereocenters. The number of carbonyl (C=O) groups excluding carboxylic acids is 2. The van der Waals surface area contributed by atoms with E-state index in [2.05, 4.69) is 13.5 Å². The highest BCUT2D eigenvalue weighted by Crippen LogP contribution is 2.12. The van der Waals surface area contributed by atoms with Crippen LogP contribution in [0.4, 0.5) is 0 Å². The molecule has 3 heteroatoms. The summed E-state index contributed by atoms with van der Waals surface area (Å²) in [5.74, 6) is -0.484. The molecular formula is C21H38O3. The van der Waals surface area contributed by atoms with Crippen molar-refractivity contribution in [3.8, 4) is 0 Å². The van der Waals surface area contributed by atoms with E-state index < -0.39 is 5.97 Å². The highest BCUT2D eigenvalue weighted by molar-refractivity contribution is 5.94. The molecule has 0 saturated heterocycles. The molecule has 0 saturated carbocycles. The first kappa shape index (κ1) is 22.9. The van der Waals surface area contributed by atoms with Crippen molar-refractivity contribution < 1.29 is 14.3 Å². The predicted octanol–water partition coefficient (Wildman–Crippen LogP) is 6.16. The summed E-state index contributed by atoms with van der Waals surface area (Å²) >= 11 is 0. The third-order valence-corrected chi connectivity index (χ3v) is 4.23. The third kappa shape index (κ3) is 15.8. The summed E-state index contributed by atoms with van der Waals surface area (Å²) in [5, 5.41) is 0. The van der Waals surface area contributed by atoms with Gasteiger partial charge in [0.1, 0.15) is 5.78 Å². The summed E-state index contributed by atoms with van der Waals surface area (Å²) in [6.07, 6.45) is 17.0. The molecule has 0 bridgehead atoms. The molecule has 0 N–H and O–H groups in total. The Morgan fingerprint density at radius 3 is 1.58 bits per heavy atom. The van der Waals surface area contributed by atoms with Crippen LogP contribution in [0.25, 0.3) is 0 Å². The van der Waals surface area contributed by atoms with Gasteiger partial charge in [-0.3, -0.25) is 4.79 Å². The standard InChI is InChI=1S/C21H38O3/c1-4-5-6-7-8-9-10-11-12-13-14-15-16-17-24-21(23)19(2)18-20(3)22/h2,4-18H2,1,3H3. The largest absolute Gasteiger partial charge is 0.462 e. The number of unbranched alkanes of at least 4 members (excludes halogenated alkanes) is 12. The number of hydrogen-bond donors (Lipinski definition) is 0. The topological polar surface area (TPSA) is 43.4 Å². The minimum Gasteiger partial charge on any atom is -0.462 e. The van der Waals surface area contributed by atoms with E-state index in [1.54, 1.807) is 0 Å². The van der Waals surface area contributed by atoms with E-state index in [0.29, 0.717) is 6.61 Å². The number of carbonyl (C=O) groups is 2. The van der Waals surface area contributed by atoms with Gasteiger partial charge in [0.15, 0.2) is 0 Å². The number of ketones is 1. The molecule has 24 heavy (non-hydrogen) atoms. The molecule has 0 aromatic rings. The maximum Gasteiger partial charge on any atom is 0.333 e. The molecule has 0 spiro atoms. The van der Waals surface area contributed by atoms with Crippen LogP contribution in [0.1, 0.15) is 104 Å². The molecule has 0 aromatic carbocycles. The fraction of sp³-hybridized carbons (Fsp3) is 0.810. The van der Waals surface area contributed by atoms with E-state index >= 15 is 0 Å². The van der Waals surface area contributed by atoms with Gasteiger partial charge >= 0.3 is 5.97 Å². The van der Waals surface area contributed by atoms with Crippen LogP contribution in [-0.4, -0.2) is 18.4 Å². The number of rotatable bonds is 17. The van der Waals surface area contributed by atoms with E-state index in [0.717, 1.165) is 12.8 Å². The normalized spacial score (nSPS) is 10.6. The Morgan fingerprint density at radius 1 is 0.750 bits per heavy atom. The summed E-state index contributed by atoms with van der Waals surface area (Å²) in [6.45, 7) is 7.73. The van der Waals surface area contributed by atoms with Crippen molar-refractivity contribution in [1.82, 2.24) is 0 Å². The van der Waals surface area contributed by atoms with Crippen molar-refractivity contribution in [3.63, 3.8) is 0 Å². The van der Waals surface area contributed by atoms with Crippen LogP contribution in [0, 0.1) is 0 Å². The Bertz CT molecular complexity index is 347. The zero-order valence-electron chi connectivity index (χ0n) is 16.0. The maximum atomic E-state index is 11.5. The lowest BCUT2D eigenvalue weighted by Crippen LogP contribution is -2.10. The van der Waals surface area contributed by atoms with Gasteiger partial charge in [0.2, 0.25) is 0 Å². The van der Waals surface area contributed by atoms with Crippen LogP contribution in [0.3, 0.4) is 0 Å². The summed E-state index contributed by atoms with van der Waals surface area (Å²) in [6, 6.07) is 0. The Hall–Kier alpha value is -1.12. The molecule has 0 fully saturated rings. The van der Waals surface area contributed by atoms with Gasteiger partial charge in [0.05, 0.1) is 6.61 Å². The van der Waals surface area contributed by atoms with Crippen molar-refractivity contribution in [2.24, 2.45) is 0 Å². The van der Waals surface area contributed by atoms with Gasteiger partial charge in [0, 0.05) is 12.0 Å². The number of esters is 1. The number of ether oxygens (including phenoxy) is 1. The SMILES string of the molecule is C=C(CC(C)=O)C(=O)OCCCCCCCCCCCCCCC. The fourth-order valence-electron chi connectivity index (χ4n) is 2.76. The third-order valence-electron chi connectivity index (χ3n) is 4.23. The van der Waals surface area contributed by atoms with E-state index in [1.165, 1.54) is 77.6 Å². The first-order valence-corrected chi connectivity index (χ1v) is 9.92. The average Bonchev–Trinajstić information content (AvgIpc) is 2.54. The molecule has 0 aliphatic rings. The first-order chi connectivity index (χ1) is 11.6. The van der Waals surface area contributed by atoms with Crippen LogP contribution in [-0.2, 0) is 14.3 Å². The van der Waals surface area contributed by atoms with Crippen LogP contribution in [0.5, 0.6) is 0 Å². The monoisotopic (exact) mass is 338 g/mol. The molecule has 0 aliphatic heterocycles. The number of hydrogen-bond acceptors (Lipinski definition) is 3. The highest BCUT2D eigenvalue weighted by atomic mass is 16.5. The van der Waals surface area contributed by atoms with E-state index in [1.807, 2.05) is 0 Å². The lowest BCUT2D eigenvalue weighted by Gasteiger charge is -2.06. The predicted molar refractivity (Wildman–Crippen MR) is 101 cm³/mol. The molecule has 140 valence electrons. The van der Waals surface area contributed by atoms with Gasteiger partial charge in [-0.15, -0.1) is 0 Å². The molecule has 0 amide bonds. The summed E-state index contributed by atoms with van der Waals surface area (Å²) in [5.41, 5.74) is 0.261. The Balaban J connectivity index is 3.24. The second kappa shape index (κ2) is 16.7. The Morgan fingerprint density at radius 2 is 1.17 bits per heavy atom. The van der Waals surface area contributed by atoms with Crippen LogP contribution in [0.2, 0.25) is 0 Å². The molecule has 0 unspecified atom stereocenters. The smallest absolute Gasteiger partial charge is 0.333 e. The van der Waals surface area contributed by atoms with Crippen molar-refractivity contribution in [1.29, 1.82) is 0 Å². The van der Waals surface area contributed by atoms with Gasteiger partial charge in [0.25, 0.3) is 0 Å². The fourth-order valence-corrected chi connectivity index (χ4v) is 2.76. The molecule has 0 rings (SSSR count). The van der Waals surface area contributed by atoms with Gasteiger partial charge in [-0.05, 0) is 13.3 Å². The van der Waals surface area contributed by atoms with Gasteiger partial charge in [-0.25, -0.2) is 4.79 Å². The molecule has 0 heterocycles. The lowest BCUT2D eigenvalue weighted by atomic mass is 10.0. The van der Waals surface area contributed by atoms with Gasteiger partial charge < -0.3 is 4.74 Å². The highest BCUT2D eigenvalue weighted by Gasteiger charge is 2.09. The average molecular weight is 339 g/mol. The van der Waals surface area contributed by atoms with Gasteiger partial charge in [-0.1, -0.05) is 90.6 Å². The summed E-state index contributed by atoms with van der Waals surface area (Å²) < 4.78 is 5.11. The van der Waals surface area contributed by atoms with Crippen molar-refractivity contribution in [2.75, 3.05) is 6.61 Å². The van der Waals surface area contributed by atoms with E-state index in [4.69, 9.17) is 4.74 Å². The van der Waals surface area contributed by atoms with Gasteiger partial charge in [-0.2, -0.15) is 0 Å². The van der Waals surface area contributed by atoms with Crippen molar-refractivity contribution >= 4 is 11.8 Å². The minimum absolute atomic E-state index is 0.0575. The molecular weight excluding hydrogens is 300 g/mol. The van der Waals surface area contributed by atoms with Crippen LogP contribution >= 0.6 is 0 Å². The molecule has 0 radical (unpaired) electrons. The summed E-state index contributed by atoms with van der Waals surface area (Å²) in [7, 11) is 0. The number of Topliss-reactive ketones (excluding diaryl/α,β-unsaturated/α-hetero) is 1. The van der Waals surface area contributed by atoms with Crippen LogP contribution in [0.15, 0.2) is 12.2 Å². The Kier molecular flexibility index (Phi) is 15.9. The Labute approximate surface area is 149 Å². The zero-order chi connectivity index (χ0) is 18.0. The van der Waals surface area contributed by atoms with Crippen LogP contribution < -0.4 is 0 Å². The van der Waals surface area contributed by atoms with Crippen molar-refractivity contribution in [2.45, 2.75) is 104 Å². The van der Waals surface area contributed by atoms with E-state index in [9.17, 15) is 9.59 Å². The molecule has 0 aromatic heterocycles. The minimum atomic E-state index is -0.427. The second-order valence-corrected chi connectivity index (χ2v) is 6.86. The zero-order valence-corrected chi connectivity index (χ0v) is 16.0. The van der Waals surface area contributed by atoms with Crippen molar-refractivity contribution in [3.05, 3.63) is 12.2 Å². The maximum absolute atomic E-state index is 11.5. The quantitative estimate of drug-likeness (QED) is 0.181.